The summed E-state index contributed by atoms with van der Waals surface area (Å²) >= 11 is 1.61. The van der Waals surface area contributed by atoms with Crippen LogP contribution in [0, 0.1) is 13.8 Å². The summed E-state index contributed by atoms with van der Waals surface area (Å²) in [5.74, 6) is 0.0148. The molecule has 1 aliphatic rings. The fourth-order valence-corrected chi connectivity index (χ4v) is 4.82. The summed E-state index contributed by atoms with van der Waals surface area (Å²) in [4.78, 5) is 22.4. The second kappa shape index (κ2) is 9.03. The predicted molar refractivity (Wildman–Crippen MR) is 119 cm³/mol. The van der Waals surface area contributed by atoms with Gasteiger partial charge in [0.2, 0.25) is 0 Å². The number of nitrogens with zero attached hydrogens (tertiary/aromatic N) is 3. The lowest BCUT2D eigenvalue weighted by atomic mass is 10.1. The summed E-state index contributed by atoms with van der Waals surface area (Å²) in [6, 6.07) is 13.8. The van der Waals surface area contributed by atoms with Gasteiger partial charge in [0.25, 0.3) is 5.91 Å². The SMILES string of the molecule is Cc1cc(C)c2sc(N(CCCN3CCOCC3)C(=O)c3ccccc3)nc2c1. The highest BCUT2D eigenvalue weighted by atomic mass is 32.1. The summed E-state index contributed by atoms with van der Waals surface area (Å²) < 4.78 is 6.59. The van der Waals surface area contributed by atoms with Crippen LogP contribution >= 0.6 is 11.3 Å². The van der Waals surface area contributed by atoms with Crippen molar-refractivity contribution in [3.63, 3.8) is 0 Å². The number of aryl methyl sites for hydroxylation is 2. The average molecular weight is 410 g/mol. The van der Waals surface area contributed by atoms with Crippen molar-refractivity contribution in [3.05, 3.63) is 59.2 Å². The zero-order valence-corrected chi connectivity index (χ0v) is 17.9. The molecule has 0 spiro atoms. The van der Waals surface area contributed by atoms with Crippen molar-refractivity contribution >= 4 is 32.6 Å². The molecular formula is C23H27N3O2S. The maximum absolute atomic E-state index is 13.3. The number of carbonyl (C=O) groups is 1. The molecule has 152 valence electrons. The maximum Gasteiger partial charge on any atom is 0.260 e. The van der Waals surface area contributed by atoms with Crippen LogP contribution in [0.25, 0.3) is 10.2 Å². The van der Waals surface area contributed by atoms with E-state index < -0.39 is 0 Å². The zero-order chi connectivity index (χ0) is 20.2. The molecule has 1 aliphatic heterocycles. The second-order valence-electron chi connectivity index (χ2n) is 7.56. The van der Waals surface area contributed by atoms with Crippen LogP contribution < -0.4 is 4.90 Å². The number of hydrogen-bond donors (Lipinski definition) is 0. The molecule has 0 aliphatic carbocycles. The lowest BCUT2D eigenvalue weighted by Crippen LogP contribution is -2.39. The van der Waals surface area contributed by atoms with Crippen LogP contribution in [-0.4, -0.2) is 55.2 Å². The van der Waals surface area contributed by atoms with Gasteiger partial charge in [-0.25, -0.2) is 4.98 Å². The number of rotatable bonds is 6. The zero-order valence-electron chi connectivity index (χ0n) is 17.1. The topological polar surface area (TPSA) is 45.7 Å². The van der Waals surface area contributed by atoms with Gasteiger partial charge < -0.3 is 4.74 Å². The van der Waals surface area contributed by atoms with E-state index in [-0.39, 0.29) is 5.91 Å². The van der Waals surface area contributed by atoms with Gasteiger partial charge in [-0.3, -0.25) is 14.6 Å². The molecule has 0 radical (unpaired) electrons. The number of hydrogen-bond acceptors (Lipinski definition) is 5. The molecule has 2 aromatic carbocycles. The third kappa shape index (κ3) is 4.66. The molecular weight excluding hydrogens is 382 g/mol. The second-order valence-corrected chi connectivity index (χ2v) is 8.53. The highest BCUT2D eigenvalue weighted by Crippen LogP contribution is 2.33. The number of amides is 1. The highest BCUT2D eigenvalue weighted by Gasteiger charge is 2.22. The monoisotopic (exact) mass is 409 g/mol. The van der Waals surface area contributed by atoms with E-state index in [9.17, 15) is 4.79 Å². The van der Waals surface area contributed by atoms with E-state index in [4.69, 9.17) is 9.72 Å². The Morgan fingerprint density at radius 3 is 2.69 bits per heavy atom. The Hall–Kier alpha value is -2.28. The lowest BCUT2D eigenvalue weighted by molar-refractivity contribution is 0.0376. The molecule has 2 heterocycles. The molecule has 1 amide bonds. The van der Waals surface area contributed by atoms with E-state index in [2.05, 4.69) is 30.9 Å². The third-order valence-electron chi connectivity index (χ3n) is 5.27. The molecule has 0 bridgehead atoms. The van der Waals surface area contributed by atoms with Crippen LogP contribution in [0.5, 0.6) is 0 Å². The lowest BCUT2D eigenvalue weighted by Gasteiger charge is -2.27. The molecule has 0 saturated carbocycles. The largest absolute Gasteiger partial charge is 0.379 e. The molecule has 1 fully saturated rings. The minimum Gasteiger partial charge on any atom is -0.379 e. The van der Waals surface area contributed by atoms with Gasteiger partial charge in [0.1, 0.15) is 0 Å². The van der Waals surface area contributed by atoms with Crippen LogP contribution in [0.2, 0.25) is 0 Å². The van der Waals surface area contributed by atoms with E-state index in [0.717, 1.165) is 54.6 Å². The van der Waals surface area contributed by atoms with Gasteiger partial charge >= 0.3 is 0 Å². The van der Waals surface area contributed by atoms with E-state index in [1.54, 1.807) is 11.3 Å². The molecule has 4 rings (SSSR count). The predicted octanol–water partition coefficient (Wildman–Crippen LogP) is 4.28. The molecule has 5 nitrogen and oxygen atoms in total. The van der Waals surface area contributed by atoms with E-state index in [0.29, 0.717) is 12.1 Å². The summed E-state index contributed by atoms with van der Waals surface area (Å²) in [7, 11) is 0. The van der Waals surface area contributed by atoms with Gasteiger partial charge in [0.15, 0.2) is 5.13 Å². The number of carbonyl (C=O) groups excluding carboxylic acids is 1. The Labute approximate surface area is 175 Å². The molecule has 0 atom stereocenters. The Morgan fingerprint density at radius 2 is 1.93 bits per heavy atom. The number of aromatic nitrogens is 1. The quantitative estimate of drug-likeness (QED) is 0.610. The first-order chi connectivity index (χ1) is 14.1. The number of anilines is 1. The fourth-order valence-electron chi connectivity index (χ4n) is 3.78. The molecule has 0 N–H and O–H groups in total. The van der Waals surface area contributed by atoms with Crippen LogP contribution in [-0.2, 0) is 4.74 Å². The molecule has 3 aromatic rings. The standard InChI is InChI=1S/C23H27N3O2S/c1-17-15-18(2)21-20(16-17)24-23(29-21)26(22(27)19-7-4-3-5-8-19)10-6-9-25-11-13-28-14-12-25/h3-5,7-8,15-16H,6,9-14H2,1-2H3. The smallest absolute Gasteiger partial charge is 0.260 e. The highest BCUT2D eigenvalue weighted by molar-refractivity contribution is 7.22. The number of thiazole rings is 1. The van der Waals surface area contributed by atoms with Gasteiger partial charge in [-0.1, -0.05) is 35.6 Å². The summed E-state index contributed by atoms with van der Waals surface area (Å²) in [5.41, 5.74) is 4.08. The Balaban J connectivity index is 1.59. The molecule has 6 heteroatoms. The Kier molecular flexibility index (Phi) is 6.23. The van der Waals surface area contributed by atoms with Crippen molar-refractivity contribution in [2.45, 2.75) is 20.3 Å². The number of ether oxygens (including phenoxy) is 1. The normalized spacial score (nSPS) is 15.0. The van der Waals surface area contributed by atoms with Crippen molar-refractivity contribution in [3.8, 4) is 0 Å². The first-order valence-electron chi connectivity index (χ1n) is 10.2. The van der Waals surface area contributed by atoms with Crippen molar-refractivity contribution in [1.82, 2.24) is 9.88 Å². The van der Waals surface area contributed by atoms with Gasteiger partial charge in [-0.05, 0) is 49.6 Å². The summed E-state index contributed by atoms with van der Waals surface area (Å²) in [5, 5.41) is 0.782. The molecule has 1 saturated heterocycles. The Morgan fingerprint density at radius 1 is 1.17 bits per heavy atom. The van der Waals surface area contributed by atoms with Crippen molar-refractivity contribution < 1.29 is 9.53 Å². The van der Waals surface area contributed by atoms with Crippen LogP contribution in [0.3, 0.4) is 0 Å². The van der Waals surface area contributed by atoms with E-state index >= 15 is 0 Å². The first-order valence-corrected chi connectivity index (χ1v) is 11.0. The van der Waals surface area contributed by atoms with Crippen molar-refractivity contribution in [2.24, 2.45) is 0 Å². The van der Waals surface area contributed by atoms with E-state index in [1.165, 1.54) is 11.1 Å². The summed E-state index contributed by atoms with van der Waals surface area (Å²) in [6.45, 7) is 9.33. The third-order valence-corrected chi connectivity index (χ3v) is 6.49. The van der Waals surface area contributed by atoms with Crippen LogP contribution in [0.4, 0.5) is 5.13 Å². The molecule has 0 unspecified atom stereocenters. The maximum atomic E-state index is 13.3. The van der Waals surface area contributed by atoms with Crippen LogP contribution in [0.1, 0.15) is 27.9 Å². The number of morpholine rings is 1. The van der Waals surface area contributed by atoms with Crippen molar-refractivity contribution in [1.29, 1.82) is 0 Å². The van der Waals surface area contributed by atoms with E-state index in [1.807, 2.05) is 35.2 Å². The van der Waals surface area contributed by atoms with Crippen molar-refractivity contribution in [2.75, 3.05) is 44.3 Å². The van der Waals surface area contributed by atoms with Gasteiger partial charge in [-0.2, -0.15) is 0 Å². The molecule has 29 heavy (non-hydrogen) atoms. The van der Waals surface area contributed by atoms with Gasteiger partial charge in [0.05, 0.1) is 23.4 Å². The minimum absolute atomic E-state index is 0.0148. The van der Waals surface area contributed by atoms with Crippen LogP contribution in [0.15, 0.2) is 42.5 Å². The molecule has 1 aromatic heterocycles. The average Bonchev–Trinajstić information content (AvgIpc) is 3.16. The number of fused-ring (bicyclic) bond motifs is 1. The number of benzene rings is 2. The fraction of sp³-hybridized carbons (Fsp3) is 0.391. The van der Waals surface area contributed by atoms with Gasteiger partial charge in [0, 0.05) is 31.7 Å². The van der Waals surface area contributed by atoms with Gasteiger partial charge in [-0.15, -0.1) is 0 Å². The minimum atomic E-state index is 0.0148. The summed E-state index contributed by atoms with van der Waals surface area (Å²) in [6.07, 6.45) is 0.909. The Bertz CT molecular complexity index is 980. The first kappa shape index (κ1) is 20.0.